The topological polar surface area (TPSA) is 52.6 Å². The molecule has 0 heterocycles. The standard InChI is InChI=1S/C17H21ClO4/c1-2-3-4-5-6-12-21-16(19)10-11-17(20)22-15-9-7-8-14(18)13-15/h7-11,13H,2-6,12H2,1H3/b11-10+. The Bertz CT molecular complexity index is 511. The lowest BCUT2D eigenvalue weighted by atomic mass is 10.2. The molecule has 0 atom stereocenters. The van der Waals surface area contributed by atoms with E-state index in [4.69, 9.17) is 21.1 Å². The fraction of sp³-hybridized carbons (Fsp3) is 0.412. The predicted octanol–water partition coefficient (Wildman–Crippen LogP) is 4.32. The van der Waals surface area contributed by atoms with E-state index in [0.29, 0.717) is 17.4 Å². The fourth-order valence-electron chi connectivity index (χ4n) is 1.74. The highest BCUT2D eigenvalue weighted by Gasteiger charge is 2.03. The Morgan fingerprint density at radius 1 is 1.09 bits per heavy atom. The summed E-state index contributed by atoms with van der Waals surface area (Å²) in [6, 6.07) is 6.46. The van der Waals surface area contributed by atoms with Gasteiger partial charge in [0.25, 0.3) is 0 Å². The molecule has 0 unspecified atom stereocenters. The Hall–Kier alpha value is -1.81. The summed E-state index contributed by atoms with van der Waals surface area (Å²) in [5, 5.41) is 0.469. The Morgan fingerprint density at radius 2 is 1.82 bits per heavy atom. The van der Waals surface area contributed by atoms with Gasteiger partial charge in [-0.25, -0.2) is 9.59 Å². The molecule has 0 spiro atoms. The molecule has 1 aromatic carbocycles. The summed E-state index contributed by atoms with van der Waals surface area (Å²) in [7, 11) is 0. The number of carbonyl (C=O) groups is 2. The first-order chi connectivity index (χ1) is 10.6. The third kappa shape index (κ3) is 8.47. The van der Waals surface area contributed by atoms with E-state index in [0.717, 1.165) is 31.4 Å². The van der Waals surface area contributed by atoms with Crippen molar-refractivity contribution in [3.05, 3.63) is 41.4 Å². The van der Waals surface area contributed by atoms with Crippen LogP contribution >= 0.6 is 11.6 Å². The number of unbranched alkanes of at least 4 members (excludes halogenated alkanes) is 4. The maximum Gasteiger partial charge on any atom is 0.336 e. The molecular weight excluding hydrogens is 304 g/mol. The molecular formula is C17H21ClO4. The van der Waals surface area contributed by atoms with E-state index >= 15 is 0 Å². The minimum Gasteiger partial charge on any atom is -0.463 e. The van der Waals surface area contributed by atoms with Gasteiger partial charge in [0.15, 0.2) is 0 Å². The molecule has 4 nitrogen and oxygen atoms in total. The van der Waals surface area contributed by atoms with Crippen molar-refractivity contribution in [3.63, 3.8) is 0 Å². The normalized spacial score (nSPS) is 10.6. The largest absolute Gasteiger partial charge is 0.463 e. The number of rotatable bonds is 9. The summed E-state index contributed by atoms with van der Waals surface area (Å²) in [4.78, 5) is 22.9. The zero-order valence-corrected chi connectivity index (χ0v) is 13.5. The van der Waals surface area contributed by atoms with Gasteiger partial charge in [0.05, 0.1) is 6.61 Å². The van der Waals surface area contributed by atoms with Crippen LogP contribution in [0.5, 0.6) is 5.75 Å². The summed E-state index contributed by atoms with van der Waals surface area (Å²) in [5.74, 6) is -0.868. The average molecular weight is 325 g/mol. The zero-order valence-electron chi connectivity index (χ0n) is 12.7. The van der Waals surface area contributed by atoms with Gasteiger partial charge in [0.2, 0.25) is 0 Å². The van der Waals surface area contributed by atoms with Gasteiger partial charge in [-0.05, 0) is 24.6 Å². The number of halogens is 1. The highest BCUT2D eigenvalue weighted by atomic mass is 35.5. The van der Waals surface area contributed by atoms with Crippen LogP contribution in [-0.2, 0) is 14.3 Å². The van der Waals surface area contributed by atoms with Crippen LogP contribution < -0.4 is 4.74 Å². The van der Waals surface area contributed by atoms with E-state index in [-0.39, 0.29) is 0 Å². The number of benzene rings is 1. The number of hydrogen-bond acceptors (Lipinski definition) is 4. The number of esters is 2. The van der Waals surface area contributed by atoms with Crippen LogP contribution in [-0.4, -0.2) is 18.5 Å². The summed E-state index contributed by atoms with van der Waals surface area (Å²) in [5.41, 5.74) is 0. The fourth-order valence-corrected chi connectivity index (χ4v) is 1.92. The van der Waals surface area contributed by atoms with Gasteiger partial charge >= 0.3 is 11.9 Å². The van der Waals surface area contributed by atoms with E-state index in [1.54, 1.807) is 18.2 Å². The van der Waals surface area contributed by atoms with Crippen molar-refractivity contribution in [2.45, 2.75) is 39.0 Å². The van der Waals surface area contributed by atoms with Crippen molar-refractivity contribution in [2.75, 3.05) is 6.61 Å². The molecule has 0 bridgehead atoms. The predicted molar refractivity (Wildman–Crippen MR) is 85.9 cm³/mol. The van der Waals surface area contributed by atoms with Crippen LogP contribution in [0, 0.1) is 0 Å². The molecule has 0 aliphatic carbocycles. The van der Waals surface area contributed by atoms with E-state index in [9.17, 15) is 9.59 Å². The smallest absolute Gasteiger partial charge is 0.336 e. The van der Waals surface area contributed by atoms with Crippen LogP contribution in [0.4, 0.5) is 0 Å². The molecule has 0 amide bonds. The van der Waals surface area contributed by atoms with Crippen LogP contribution in [0.2, 0.25) is 5.02 Å². The van der Waals surface area contributed by atoms with E-state index in [2.05, 4.69) is 6.92 Å². The van der Waals surface area contributed by atoms with Crippen LogP contribution in [0.3, 0.4) is 0 Å². The van der Waals surface area contributed by atoms with Crippen molar-refractivity contribution in [1.82, 2.24) is 0 Å². The van der Waals surface area contributed by atoms with Gasteiger partial charge in [0.1, 0.15) is 5.75 Å². The van der Waals surface area contributed by atoms with Crippen molar-refractivity contribution in [1.29, 1.82) is 0 Å². The molecule has 0 aliphatic rings. The van der Waals surface area contributed by atoms with Gasteiger partial charge in [-0.15, -0.1) is 0 Å². The molecule has 0 N–H and O–H groups in total. The van der Waals surface area contributed by atoms with Crippen LogP contribution in [0.15, 0.2) is 36.4 Å². The van der Waals surface area contributed by atoms with E-state index in [1.165, 1.54) is 18.9 Å². The van der Waals surface area contributed by atoms with E-state index in [1.807, 2.05) is 0 Å². The molecule has 1 aromatic rings. The lowest BCUT2D eigenvalue weighted by molar-refractivity contribution is -0.138. The minimum atomic E-state index is -0.651. The van der Waals surface area contributed by atoms with Gasteiger partial charge < -0.3 is 9.47 Å². The maximum absolute atomic E-state index is 11.5. The first-order valence-corrected chi connectivity index (χ1v) is 7.82. The van der Waals surface area contributed by atoms with E-state index < -0.39 is 11.9 Å². The average Bonchev–Trinajstić information content (AvgIpc) is 2.49. The number of hydrogen-bond donors (Lipinski definition) is 0. The number of ether oxygens (including phenoxy) is 2. The van der Waals surface area contributed by atoms with Gasteiger partial charge in [-0.2, -0.15) is 0 Å². The minimum absolute atomic E-state index is 0.325. The van der Waals surface area contributed by atoms with Crippen LogP contribution in [0.1, 0.15) is 39.0 Å². The first-order valence-electron chi connectivity index (χ1n) is 7.44. The third-order valence-electron chi connectivity index (χ3n) is 2.86. The molecule has 0 saturated heterocycles. The molecule has 0 saturated carbocycles. The summed E-state index contributed by atoms with van der Waals surface area (Å²) < 4.78 is 9.98. The second kappa shape index (κ2) is 10.9. The SMILES string of the molecule is CCCCCCCOC(=O)/C=C/C(=O)Oc1cccc(Cl)c1. The quantitative estimate of drug-likeness (QED) is 0.294. The Kier molecular flexibility index (Phi) is 9.00. The Labute approximate surface area is 136 Å². The second-order valence-electron chi connectivity index (χ2n) is 4.79. The van der Waals surface area contributed by atoms with Gasteiger partial charge in [0, 0.05) is 17.2 Å². The van der Waals surface area contributed by atoms with Crippen molar-refractivity contribution < 1.29 is 19.1 Å². The molecule has 0 aliphatic heterocycles. The molecule has 0 aromatic heterocycles. The molecule has 0 radical (unpaired) electrons. The Morgan fingerprint density at radius 3 is 2.55 bits per heavy atom. The molecule has 1 rings (SSSR count). The zero-order chi connectivity index (χ0) is 16.2. The summed E-state index contributed by atoms with van der Waals surface area (Å²) in [6.07, 6.45) is 7.52. The lowest BCUT2D eigenvalue weighted by Gasteiger charge is -2.02. The molecule has 0 fully saturated rings. The van der Waals surface area contributed by atoms with Crippen molar-refractivity contribution in [3.8, 4) is 5.75 Å². The highest BCUT2D eigenvalue weighted by molar-refractivity contribution is 6.30. The highest BCUT2D eigenvalue weighted by Crippen LogP contribution is 2.17. The molecule has 22 heavy (non-hydrogen) atoms. The van der Waals surface area contributed by atoms with Gasteiger partial charge in [-0.1, -0.05) is 50.3 Å². The molecule has 120 valence electrons. The Balaban J connectivity index is 2.22. The maximum atomic E-state index is 11.5. The summed E-state index contributed by atoms with van der Waals surface area (Å²) >= 11 is 5.77. The summed E-state index contributed by atoms with van der Waals surface area (Å²) in [6.45, 7) is 2.52. The van der Waals surface area contributed by atoms with Crippen molar-refractivity contribution >= 4 is 23.5 Å². The first kappa shape index (κ1) is 18.2. The van der Waals surface area contributed by atoms with Crippen LogP contribution in [0.25, 0.3) is 0 Å². The second-order valence-corrected chi connectivity index (χ2v) is 5.23. The van der Waals surface area contributed by atoms with Crippen molar-refractivity contribution in [2.24, 2.45) is 0 Å². The number of carbonyl (C=O) groups excluding carboxylic acids is 2. The lowest BCUT2D eigenvalue weighted by Crippen LogP contribution is -2.07. The monoisotopic (exact) mass is 324 g/mol. The van der Waals surface area contributed by atoms with Gasteiger partial charge in [-0.3, -0.25) is 0 Å². The third-order valence-corrected chi connectivity index (χ3v) is 3.10. The molecule has 5 heteroatoms.